The van der Waals surface area contributed by atoms with Crippen LogP contribution in [-0.2, 0) is 17.1 Å². The number of nitrogen functional groups attached to an aromatic ring is 1. The number of nitrogens with zero attached hydrogens (tertiary/aromatic N) is 3. The summed E-state index contributed by atoms with van der Waals surface area (Å²) in [4.78, 5) is 3.70. The van der Waals surface area contributed by atoms with Crippen molar-refractivity contribution < 1.29 is 8.42 Å². The minimum atomic E-state index is -3.77. The highest BCUT2D eigenvalue weighted by Gasteiger charge is 2.19. The summed E-state index contributed by atoms with van der Waals surface area (Å²) in [6.07, 6.45) is 4.37. The molecule has 3 N–H and O–H groups in total. The summed E-state index contributed by atoms with van der Waals surface area (Å²) in [6, 6.07) is 1.39. The van der Waals surface area contributed by atoms with Crippen molar-refractivity contribution in [3.05, 3.63) is 29.1 Å². The number of aryl methyl sites for hydroxylation is 1. The Bertz CT molecular complexity index is 682. The molecule has 0 amide bonds. The topological polar surface area (TPSA) is 103 Å². The molecule has 0 aliphatic rings. The fraction of sp³-hybridized carbons (Fsp3) is 0.111. The largest absolute Gasteiger partial charge is 0.383 e. The maximum Gasteiger partial charge on any atom is 0.265 e. The van der Waals surface area contributed by atoms with Crippen LogP contribution >= 0.6 is 15.9 Å². The Morgan fingerprint density at radius 1 is 1.44 bits per heavy atom. The molecule has 7 nitrogen and oxygen atoms in total. The molecule has 0 atom stereocenters. The second-order valence-corrected chi connectivity index (χ2v) is 6.11. The smallest absolute Gasteiger partial charge is 0.265 e. The van der Waals surface area contributed by atoms with E-state index in [1.165, 1.54) is 23.1 Å². The van der Waals surface area contributed by atoms with Gasteiger partial charge in [0.1, 0.15) is 10.7 Å². The molecule has 0 aliphatic carbocycles. The van der Waals surface area contributed by atoms with Crippen molar-refractivity contribution in [1.82, 2.24) is 14.8 Å². The van der Waals surface area contributed by atoms with Crippen LogP contribution in [0.4, 0.5) is 11.5 Å². The Labute approximate surface area is 112 Å². The number of hydrogen-bond acceptors (Lipinski definition) is 5. The fourth-order valence-electron chi connectivity index (χ4n) is 1.33. The van der Waals surface area contributed by atoms with Crippen LogP contribution in [0.2, 0.25) is 0 Å². The van der Waals surface area contributed by atoms with Gasteiger partial charge in [0.2, 0.25) is 0 Å². The maximum absolute atomic E-state index is 12.1. The number of anilines is 2. The minimum absolute atomic E-state index is 0.0606. The molecule has 2 heterocycles. The Kier molecular flexibility index (Phi) is 3.26. The normalized spacial score (nSPS) is 11.4. The van der Waals surface area contributed by atoms with E-state index in [0.29, 0.717) is 10.2 Å². The molecular weight excluding hydrogens is 322 g/mol. The standard InChI is InChI=1S/C9H10BrN5O2S/c1-15-5-7(4-13-15)14-18(16,17)8-2-6(10)3-12-9(8)11/h2-5,14H,1H3,(H2,11,12). The van der Waals surface area contributed by atoms with Crippen LogP contribution in [0.5, 0.6) is 0 Å². The van der Waals surface area contributed by atoms with E-state index >= 15 is 0 Å². The molecule has 9 heteroatoms. The Balaban J connectivity index is 2.39. The van der Waals surface area contributed by atoms with E-state index in [1.54, 1.807) is 13.2 Å². The summed E-state index contributed by atoms with van der Waals surface area (Å²) in [7, 11) is -2.09. The van der Waals surface area contributed by atoms with Crippen LogP contribution < -0.4 is 10.5 Å². The second kappa shape index (κ2) is 4.58. The summed E-state index contributed by atoms with van der Waals surface area (Å²) in [5, 5.41) is 3.87. The van der Waals surface area contributed by atoms with Gasteiger partial charge in [-0.25, -0.2) is 13.4 Å². The molecule has 0 spiro atoms. The average molecular weight is 332 g/mol. The Morgan fingerprint density at radius 3 is 2.78 bits per heavy atom. The monoisotopic (exact) mass is 331 g/mol. The molecule has 0 aliphatic heterocycles. The van der Waals surface area contributed by atoms with E-state index in [1.807, 2.05) is 0 Å². The van der Waals surface area contributed by atoms with Gasteiger partial charge in [0, 0.05) is 23.9 Å². The molecule has 0 bridgehead atoms. The van der Waals surface area contributed by atoms with Crippen molar-refractivity contribution in [3.63, 3.8) is 0 Å². The Morgan fingerprint density at radius 2 is 2.17 bits per heavy atom. The van der Waals surface area contributed by atoms with Crippen molar-refractivity contribution in [2.24, 2.45) is 7.05 Å². The SMILES string of the molecule is Cn1cc(NS(=O)(=O)c2cc(Br)cnc2N)cn1. The molecule has 0 unspecified atom stereocenters. The van der Waals surface area contributed by atoms with Crippen LogP contribution in [0.1, 0.15) is 0 Å². The lowest BCUT2D eigenvalue weighted by Crippen LogP contribution is -2.15. The van der Waals surface area contributed by atoms with Gasteiger partial charge in [0.15, 0.2) is 0 Å². The lowest BCUT2D eigenvalue weighted by molar-refractivity contribution is 0.601. The van der Waals surface area contributed by atoms with Gasteiger partial charge in [0.05, 0.1) is 11.9 Å². The summed E-state index contributed by atoms with van der Waals surface area (Å²) >= 11 is 3.15. The minimum Gasteiger partial charge on any atom is -0.383 e. The van der Waals surface area contributed by atoms with Gasteiger partial charge in [-0.2, -0.15) is 5.10 Å². The number of aromatic nitrogens is 3. The summed E-state index contributed by atoms with van der Waals surface area (Å²) in [5.41, 5.74) is 5.92. The van der Waals surface area contributed by atoms with E-state index in [4.69, 9.17) is 5.73 Å². The van der Waals surface area contributed by atoms with Crippen LogP contribution in [0.3, 0.4) is 0 Å². The predicted molar refractivity (Wildman–Crippen MR) is 70.4 cm³/mol. The highest BCUT2D eigenvalue weighted by Crippen LogP contribution is 2.22. The number of nitrogens with one attached hydrogen (secondary N) is 1. The molecular formula is C9H10BrN5O2S. The maximum atomic E-state index is 12.1. The van der Waals surface area contributed by atoms with E-state index in [2.05, 4.69) is 30.7 Å². The van der Waals surface area contributed by atoms with Crippen molar-refractivity contribution in [2.45, 2.75) is 4.90 Å². The zero-order valence-corrected chi connectivity index (χ0v) is 11.7. The van der Waals surface area contributed by atoms with Crippen molar-refractivity contribution in [2.75, 3.05) is 10.5 Å². The Hall–Kier alpha value is -1.61. The van der Waals surface area contributed by atoms with Crippen LogP contribution in [0, 0.1) is 0 Å². The average Bonchev–Trinajstić information content (AvgIpc) is 2.66. The van der Waals surface area contributed by atoms with Gasteiger partial charge >= 0.3 is 0 Å². The van der Waals surface area contributed by atoms with Crippen LogP contribution in [0.25, 0.3) is 0 Å². The third kappa shape index (κ3) is 2.62. The van der Waals surface area contributed by atoms with Gasteiger partial charge in [-0.1, -0.05) is 0 Å². The number of pyridine rings is 1. The van der Waals surface area contributed by atoms with Crippen LogP contribution in [0.15, 0.2) is 34.0 Å². The number of rotatable bonds is 3. The van der Waals surface area contributed by atoms with Gasteiger partial charge in [-0.15, -0.1) is 0 Å². The van der Waals surface area contributed by atoms with E-state index in [0.717, 1.165) is 0 Å². The molecule has 18 heavy (non-hydrogen) atoms. The molecule has 2 aromatic heterocycles. The van der Waals surface area contributed by atoms with E-state index in [-0.39, 0.29) is 10.7 Å². The van der Waals surface area contributed by atoms with E-state index < -0.39 is 10.0 Å². The first kappa shape index (κ1) is 12.8. The highest BCUT2D eigenvalue weighted by atomic mass is 79.9. The second-order valence-electron chi connectivity index (χ2n) is 3.55. The number of halogens is 1. The molecule has 0 fully saturated rings. The van der Waals surface area contributed by atoms with Crippen LogP contribution in [-0.4, -0.2) is 23.2 Å². The van der Waals surface area contributed by atoms with E-state index in [9.17, 15) is 8.42 Å². The van der Waals surface area contributed by atoms with Gasteiger partial charge < -0.3 is 5.73 Å². The summed E-state index contributed by atoms with van der Waals surface area (Å²) in [5.74, 6) is -0.0606. The summed E-state index contributed by atoms with van der Waals surface area (Å²) in [6.45, 7) is 0. The highest BCUT2D eigenvalue weighted by molar-refractivity contribution is 9.10. The predicted octanol–water partition coefficient (Wildman–Crippen LogP) is 0.961. The van der Waals surface area contributed by atoms with Crippen molar-refractivity contribution in [1.29, 1.82) is 0 Å². The third-order valence-electron chi connectivity index (χ3n) is 2.10. The van der Waals surface area contributed by atoms with Gasteiger partial charge in [0.25, 0.3) is 10.0 Å². The lowest BCUT2D eigenvalue weighted by atomic mass is 10.5. The lowest BCUT2D eigenvalue weighted by Gasteiger charge is -2.07. The molecule has 2 rings (SSSR count). The molecule has 0 saturated carbocycles. The first-order valence-electron chi connectivity index (χ1n) is 4.81. The van der Waals surface area contributed by atoms with Gasteiger partial charge in [-0.05, 0) is 22.0 Å². The van der Waals surface area contributed by atoms with Crippen molar-refractivity contribution in [3.8, 4) is 0 Å². The zero-order valence-electron chi connectivity index (χ0n) is 9.33. The number of sulfonamides is 1. The molecule has 0 aromatic carbocycles. The fourth-order valence-corrected chi connectivity index (χ4v) is 2.95. The van der Waals surface area contributed by atoms with Gasteiger partial charge in [-0.3, -0.25) is 9.40 Å². The summed E-state index contributed by atoms with van der Waals surface area (Å²) < 4.78 is 28.6. The third-order valence-corrected chi connectivity index (χ3v) is 3.94. The number of hydrogen-bond donors (Lipinski definition) is 2. The quantitative estimate of drug-likeness (QED) is 0.871. The van der Waals surface area contributed by atoms with Crippen molar-refractivity contribution >= 4 is 37.5 Å². The first-order chi connectivity index (χ1) is 8.38. The molecule has 0 saturated heterocycles. The first-order valence-corrected chi connectivity index (χ1v) is 7.08. The number of nitrogens with two attached hydrogens (primary N) is 1. The molecule has 96 valence electrons. The molecule has 0 radical (unpaired) electrons. The zero-order chi connectivity index (χ0) is 13.3. The molecule has 2 aromatic rings.